The summed E-state index contributed by atoms with van der Waals surface area (Å²) in [4.78, 5) is 14.6. The number of anilines is 1. The molecule has 0 aliphatic carbocycles. The van der Waals surface area contributed by atoms with Crippen molar-refractivity contribution in [3.8, 4) is 22.5 Å². The number of aromatic nitrogens is 2. The molecule has 2 aromatic heterocycles. The second-order valence-corrected chi connectivity index (χ2v) is 4.29. The van der Waals surface area contributed by atoms with Crippen LogP contribution in [0.3, 0.4) is 0 Å². The fourth-order valence-corrected chi connectivity index (χ4v) is 2.02. The lowest BCUT2D eigenvalue weighted by Gasteiger charge is -2.01. The van der Waals surface area contributed by atoms with E-state index in [9.17, 15) is 10.1 Å². The number of nitrogen functional groups attached to an aromatic ring is 1. The lowest BCUT2D eigenvalue weighted by molar-refractivity contribution is -0.384. The van der Waals surface area contributed by atoms with E-state index >= 15 is 0 Å². The van der Waals surface area contributed by atoms with Gasteiger partial charge in [0, 0.05) is 23.9 Å². The maximum Gasteiger partial charge on any atom is 0.270 e. The van der Waals surface area contributed by atoms with E-state index in [1.54, 1.807) is 30.5 Å². The molecule has 0 radical (unpaired) electrons. The number of benzene rings is 1. The van der Waals surface area contributed by atoms with Gasteiger partial charge in [-0.3, -0.25) is 15.1 Å². The number of non-ortho nitro benzene ring substituents is 1. The van der Waals surface area contributed by atoms with Crippen molar-refractivity contribution in [2.75, 3.05) is 5.73 Å². The highest BCUT2D eigenvalue weighted by molar-refractivity contribution is 5.85. The van der Waals surface area contributed by atoms with Crippen LogP contribution in [0.2, 0.25) is 0 Å². The first-order valence-electron chi connectivity index (χ1n) is 6.08. The SMILES string of the molecule is Nc1onc(-c2cccc([N+](=O)[O-])c2)c1-c1ccccn1. The third-order valence-corrected chi connectivity index (χ3v) is 2.97. The van der Waals surface area contributed by atoms with Gasteiger partial charge in [-0.25, -0.2) is 0 Å². The maximum absolute atomic E-state index is 10.9. The van der Waals surface area contributed by atoms with Crippen molar-refractivity contribution in [1.82, 2.24) is 10.1 Å². The largest absolute Gasteiger partial charge is 0.367 e. The van der Waals surface area contributed by atoms with Crippen LogP contribution < -0.4 is 5.73 Å². The molecule has 2 heterocycles. The highest BCUT2D eigenvalue weighted by Crippen LogP contribution is 2.35. The van der Waals surface area contributed by atoms with E-state index in [1.165, 1.54) is 12.1 Å². The van der Waals surface area contributed by atoms with E-state index in [1.807, 2.05) is 6.07 Å². The minimum absolute atomic E-state index is 0.0268. The van der Waals surface area contributed by atoms with Gasteiger partial charge in [-0.2, -0.15) is 0 Å². The first kappa shape index (κ1) is 12.8. The van der Waals surface area contributed by atoms with Crippen LogP contribution in [0.4, 0.5) is 11.6 Å². The van der Waals surface area contributed by atoms with Gasteiger partial charge in [0.25, 0.3) is 5.69 Å². The van der Waals surface area contributed by atoms with Crippen molar-refractivity contribution >= 4 is 11.6 Å². The lowest BCUT2D eigenvalue weighted by Crippen LogP contribution is -1.91. The molecule has 3 rings (SSSR count). The molecule has 0 aliphatic heterocycles. The molecule has 0 saturated carbocycles. The zero-order valence-corrected chi connectivity index (χ0v) is 10.8. The van der Waals surface area contributed by atoms with E-state index in [2.05, 4.69) is 10.1 Å². The van der Waals surface area contributed by atoms with Crippen LogP contribution in [0.25, 0.3) is 22.5 Å². The molecule has 7 nitrogen and oxygen atoms in total. The summed E-state index contributed by atoms with van der Waals surface area (Å²) in [5.74, 6) is 0.121. The van der Waals surface area contributed by atoms with Gasteiger partial charge in [-0.05, 0) is 12.1 Å². The molecule has 0 saturated heterocycles. The van der Waals surface area contributed by atoms with Gasteiger partial charge in [0.2, 0.25) is 5.88 Å². The van der Waals surface area contributed by atoms with Crippen molar-refractivity contribution in [2.24, 2.45) is 0 Å². The van der Waals surface area contributed by atoms with Crippen molar-refractivity contribution < 1.29 is 9.45 Å². The monoisotopic (exact) mass is 282 g/mol. The number of nitrogens with zero attached hydrogens (tertiary/aromatic N) is 3. The minimum Gasteiger partial charge on any atom is -0.367 e. The molecule has 3 aromatic rings. The van der Waals surface area contributed by atoms with Crippen molar-refractivity contribution in [3.63, 3.8) is 0 Å². The molecular formula is C14H10N4O3. The smallest absolute Gasteiger partial charge is 0.270 e. The Morgan fingerprint density at radius 1 is 1.19 bits per heavy atom. The van der Waals surface area contributed by atoms with Crippen LogP contribution in [0.15, 0.2) is 53.2 Å². The molecule has 0 bridgehead atoms. The van der Waals surface area contributed by atoms with Crippen molar-refractivity contribution in [3.05, 3.63) is 58.8 Å². The third-order valence-electron chi connectivity index (χ3n) is 2.97. The normalized spacial score (nSPS) is 10.5. The molecule has 2 N–H and O–H groups in total. The fourth-order valence-electron chi connectivity index (χ4n) is 2.02. The number of nitro benzene ring substituents is 1. The molecule has 0 aliphatic rings. The van der Waals surface area contributed by atoms with Crippen LogP contribution >= 0.6 is 0 Å². The van der Waals surface area contributed by atoms with Crippen LogP contribution in [-0.2, 0) is 0 Å². The molecule has 0 amide bonds. The van der Waals surface area contributed by atoms with E-state index in [-0.39, 0.29) is 11.6 Å². The van der Waals surface area contributed by atoms with E-state index in [0.29, 0.717) is 22.5 Å². The van der Waals surface area contributed by atoms with Gasteiger partial charge in [0.1, 0.15) is 5.69 Å². The Hall–Kier alpha value is -3.22. The number of hydrogen-bond donors (Lipinski definition) is 1. The Bertz CT molecular complexity index is 799. The Morgan fingerprint density at radius 3 is 2.76 bits per heavy atom. The van der Waals surface area contributed by atoms with E-state index in [4.69, 9.17) is 10.3 Å². The molecule has 7 heteroatoms. The Kier molecular flexibility index (Phi) is 3.07. The van der Waals surface area contributed by atoms with Gasteiger partial charge >= 0.3 is 0 Å². The van der Waals surface area contributed by atoms with Gasteiger partial charge in [-0.1, -0.05) is 23.4 Å². The summed E-state index contributed by atoms with van der Waals surface area (Å²) in [6.07, 6.45) is 1.62. The molecule has 0 atom stereocenters. The Morgan fingerprint density at radius 2 is 2.05 bits per heavy atom. The Labute approximate surface area is 119 Å². The number of rotatable bonds is 3. The lowest BCUT2D eigenvalue weighted by atomic mass is 10.0. The molecular weight excluding hydrogens is 272 g/mol. The van der Waals surface area contributed by atoms with Crippen LogP contribution in [-0.4, -0.2) is 15.1 Å². The summed E-state index contributed by atoms with van der Waals surface area (Å²) in [5.41, 5.74) is 7.87. The number of pyridine rings is 1. The average molecular weight is 282 g/mol. The summed E-state index contributed by atoms with van der Waals surface area (Å²) < 4.78 is 5.02. The van der Waals surface area contributed by atoms with Gasteiger partial charge in [0.15, 0.2) is 0 Å². The maximum atomic E-state index is 10.9. The summed E-state index contributed by atoms with van der Waals surface area (Å²) in [6.45, 7) is 0. The zero-order valence-electron chi connectivity index (χ0n) is 10.8. The summed E-state index contributed by atoms with van der Waals surface area (Å²) in [6, 6.07) is 11.5. The number of nitrogens with two attached hydrogens (primary N) is 1. The second-order valence-electron chi connectivity index (χ2n) is 4.29. The predicted octanol–water partition coefficient (Wildman–Crippen LogP) is 2.89. The Balaban J connectivity index is 2.17. The molecule has 21 heavy (non-hydrogen) atoms. The minimum atomic E-state index is -0.465. The van der Waals surface area contributed by atoms with Crippen LogP contribution in [0, 0.1) is 10.1 Å². The zero-order chi connectivity index (χ0) is 14.8. The summed E-state index contributed by atoms with van der Waals surface area (Å²) in [7, 11) is 0. The number of hydrogen-bond acceptors (Lipinski definition) is 6. The first-order chi connectivity index (χ1) is 10.2. The highest BCUT2D eigenvalue weighted by Gasteiger charge is 2.19. The average Bonchev–Trinajstić information content (AvgIpc) is 2.90. The standard InChI is InChI=1S/C14H10N4O3/c15-14-12(11-6-1-2-7-16-11)13(17-21-14)9-4-3-5-10(8-9)18(19)20/h1-8H,15H2. The second kappa shape index (κ2) is 5.04. The highest BCUT2D eigenvalue weighted by atomic mass is 16.6. The first-order valence-corrected chi connectivity index (χ1v) is 6.08. The van der Waals surface area contributed by atoms with E-state index < -0.39 is 4.92 Å². The van der Waals surface area contributed by atoms with Crippen LogP contribution in [0.1, 0.15) is 0 Å². The van der Waals surface area contributed by atoms with Gasteiger partial charge in [-0.15, -0.1) is 0 Å². The van der Waals surface area contributed by atoms with Gasteiger partial charge < -0.3 is 10.3 Å². The van der Waals surface area contributed by atoms with Crippen LogP contribution in [0.5, 0.6) is 0 Å². The molecule has 104 valence electrons. The topological polar surface area (TPSA) is 108 Å². The molecule has 1 aromatic carbocycles. The van der Waals surface area contributed by atoms with Crippen molar-refractivity contribution in [2.45, 2.75) is 0 Å². The summed E-state index contributed by atoms with van der Waals surface area (Å²) >= 11 is 0. The quantitative estimate of drug-likeness (QED) is 0.584. The molecule has 0 spiro atoms. The fraction of sp³-hybridized carbons (Fsp3) is 0. The number of nitro groups is 1. The summed E-state index contributed by atoms with van der Waals surface area (Å²) in [5, 5.41) is 14.8. The predicted molar refractivity (Wildman–Crippen MR) is 76.2 cm³/mol. The van der Waals surface area contributed by atoms with Gasteiger partial charge in [0.05, 0.1) is 16.2 Å². The molecule has 0 fully saturated rings. The van der Waals surface area contributed by atoms with E-state index in [0.717, 1.165) is 0 Å². The van der Waals surface area contributed by atoms with Crippen molar-refractivity contribution in [1.29, 1.82) is 0 Å². The molecule has 0 unspecified atom stereocenters. The third kappa shape index (κ3) is 2.32.